The Hall–Kier alpha value is -3.01. The van der Waals surface area contributed by atoms with Crippen LogP contribution in [0.5, 0.6) is 5.75 Å². The number of amides is 2. The van der Waals surface area contributed by atoms with Crippen molar-refractivity contribution >= 4 is 23.4 Å². The van der Waals surface area contributed by atoms with E-state index in [1.54, 1.807) is 6.92 Å². The number of aromatic nitrogens is 1. The molecular weight excluding hydrogens is 463 g/mol. The number of aromatic hydroxyl groups is 1. The fourth-order valence-electron chi connectivity index (χ4n) is 4.68. The Morgan fingerprint density at radius 3 is 2.76 bits per heavy atom. The molecule has 7 nitrogen and oxygen atoms in total. The SMILES string of the molecule is CCN1C(=O)c2c(O)c(=O)c(C(=O)NCc3cccc(Cl)c3F)cn2[C@@H]2[C@H]1CCCC2(F)F. The fraction of sp³-hybridized carbons (Fsp3) is 0.409. The quantitative estimate of drug-likeness (QED) is 0.696. The molecule has 2 N–H and O–H groups in total. The predicted molar refractivity (Wildman–Crippen MR) is 113 cm³/mol. The van der Waals surface area contributed by atoms with Crippen molar-refractivity contribution in [3.05, 3.63) is 62.3 Å². The van der Waals surface area contributed by atoms with Crippen LogP contribution in [0.25, 0.3) is 0 Å². The van der Waals surface area contributed by atoms with Gasteiger partial charge in [-0.3, -0.25) is 14.4 Å². The van der Waals surface area contributed by atoms with Crippen molar-refractivity contribution in [1.82, 2.24) is 14.8 Å². The van der Waals surface area contributed by atoms with Crippen LogP contribution in [0.2, 0.25) is 5.02 Å². The lowest BCUT2D eigenvalue weighted by Gasteiger charge is -2.48. The molecule has 1 aromatic carbocycles. The third-order valence-electron chi connectivity index (χ3n) is 6.24. The van der Waals surface area contributed by atoms with Crippen molar-refractivity contribution in [2.24, 2.45) is 0 Å². The van der Waals surface area contributed by atoms with E-state index in [-0.39, 0.29) is 30.1 Å². The summed E-state index contributed by atoms with van der Waals surface area (Å²) in [6.07, 6.45) is 0.990. The molecule has 1 aliphatic heterocycles. The number of nitrogens with one attached hydrogen (secondary N) is 1. The van der Waals surface area contributed by atoms with E-state index < -0.39 is 64.5 Å². The third-order valence-corrected chi connectivity index (χ3v) is 6.53. The minimum atomic E-state index is -3.23. The molecule has 0 saturated heterocycles. The highest BCUT2D eigenvalue weighted by Crippen LogP contribution is 2.47. The Kier molecular flexibility index (Phi) is 5.90. The van der Waals surface area contributed by atoms with Gasteiger partial charge in [0.15, 0.2) is 11.4 Å². The molecule has 2 amide bonds. The molecule has 1 fully saturated rings. The highest BCUT2D eigenvalue weighted by molar-refractivity contribution is 6.30. The number of benzene rings is 1. The van der Waals surface area contributed by atoms with Gasteiger partial charge >= 0.3 is 0 Å². The van der Waals surface area contributed by atoms with Crippen LogP contribution >= 0.6 is 11.6 Å². The lowest BCUT2D eigenvalue weighted by atomic mass is 9.83. The number of rotatable bonds is 4. The van der Waals surface area contributed by atoms with Gasteiger partial charge in [-0.05, 0) is 25.8 Å². The maximum absolute atomic E-state index is 15.0. The molecule has 33 heavy (non-hydrogen) atoms. The number of hydrogen-bond donors (Lipinski definition) is 2. The molecule has 2 aromatic rings. The van der Waals surface area contributed by atoms with Crippen molar-refractivity contribution in [2.45, 2.75) is 50.7 Å². The number of likely N-dealkylation sites (N-methyl/N-ethyl adjacent to an activating group) is 1. The van der Waals surface area contributed by atoms with Gasteiger partial charge in [0.05, 0.1) is 11.1 Å². The van der Waals surface area contributed by atoms with Crippen molar-refractivity contribution in [3.8, 4) is 5.75 Å². The highest BCUT2D eigenvalue weighted by Gasteiger charge is 2.54. The third kappa shape index (κ3) is 3.76. The maximum Gasteiger partial charge on any atom is 0.274 e. The summed E-state index contributed by atoms with van der Waals surface area (Å²) in [5.41, 5.74) is -2.32. The summed E-state index contributed by atoms with van der Waals surface area (Å²) in [6, 6.07) is 1.79. The first-order chi connectivity index (χ1) is 15.6. The summed E-state index contributed by atoms with van der Waals surface area (Å²) in [6.45, 7) is 1.42. The fourth-order valence-corrected chi connectivity index (χ4v) is 4.88. The van der Waals surface area contributed by atoms with Crippen LogP contribution in [0.3, 0.4) is 0 Å². The number of carbonyl (C=O) groups excluding carboxylic acids is 2. The van der Waals surface area contributed by atoms with Gasteiger partial charge in [-0.25, -0.2) is 13.2 Å². The lowest BCUT2D eigenvalue weighted by molar-refractivity contribution is -0.111. The second-order valence-corrected chi connectivity index (χ2v) is 8.54. The second kappa shape index (κ2) is 8.40. The Morgan fingerprint density at radius 2 is 2.06 bits per heavy atom. The largest absolute Gasteiger partial charge is 0.503 e. The van der Waals surface area contributed by atoms with Crippen molar-refractivity contribution < 1.29 is 27.9 Å². The van der Waals surface area contributed by atoms with E-state index in [1.807, 2.05) is 0 Å². The Balaban J connectivity index is 1.76. The van der Waals surface area contributed by atoms with Crippen molar-refractivity contribution in [3.63, 3.8) is 0 Å². The van der Waals surface area contributed by atoms with E-state index in [1.165, 1.54) is 23.1 Å². The van der Waals surface area contributed by atoms with Gasteiger partial charge in [0.25, 0.3) is 17.7 Å². The highest BCUT2D eigenvalue weighted by atomic mass is 35.5. The van der Waals surface area contributed by atoms with Crippen LogP contribution in [0, 0.1) is 5.82 Å². The van der Waals surface area contributed by atoms with Gasteiger partial charge in [0, 0.05) is 31.3 Å². The number of fused-ring (bicyclic) bond motifs is 3. The molecule has 176 valence electrons. The van der Waals surface area contributed by atoms with Gasteiger partial charge in [0.1, 0.15) is 17.4 Å². The topological polar surface area (TPSA) is 91.6 Å². The van der Waals surface area contributed by atoms with Gasteiger partial charge in [-0.2, -0.15) is 0 Å². The maximum atomic E-state index is 15.0. The molecule has 2 atom stereocenters. The summed E-state index contributed by atoms with van der Waals surface area (Å²) < 4.78 is 45.0. The minimum Gasteiger partial charge on any atom is -0.503 e. The zero-order chi connectivity index (χ0) is 24.1. The Bertz CT molecular complexity index is 1200. The molecule has 11 heteroatoms. The smallest absolute Gasteiger partial charge is 0.274 e. The van der Waals surface area contributed by atoms with E-state index in [0.717, 1.165) is 10.8 Å². The number of carbonyl (C=O) groups is 2. The summed E-state index contributed by atoms with van der Waals surface area (Å²) in [7, 11) is 0. The van der Waals surface area contributed by atoms with Crippen LogP contribution in [0.1, 0.15) is 58.6 Å². The van der Waals surface area contributed by atoms with Crippen LogP contribution in [-0.4, -0.2) is 44.9 Å². The monoisotopic (exact) mass is 483 g/mol. The number of alkyl halides is 2. The van der Waals surface area contributed by atoms with Crippen LogP contribution in [-0.2, 0) is 6.54 Å². The van der Waals surface area contributed by atoms with Crippen molar-refractivity contribution in [1.29, 1.82) is 0 Å². The molecule has 4 rings (SSSR count). The number of halogens is 4. The molecule has 1 aromatic heterocycles. The first kappa shape index (κ1) is 23.2. The number of pyridine rings is 1. The van der Waals surface area contributed by atoms with Gasteiger partial charge in [0.2, 0.25) is 5.43 Å². The van der Waals surface area contributed by atoms with Gasteiger partial charge in [-0.15, -0.1) is 0 Å². The molecule has 1 saturated carbocycles. The minimum absolute atomic E-state index is 0.0470. The summed E-state index contributed by atoms with van der Waals surface area (Å²) >= 11 is 5.72. The normalized spacial score (nSPS) is 21.4. The van der Waals surface area contributed by atoms with E-state index in [2.05, 4.69) is 5.32 Å². The summed E-state index contributed by atoms with van der Waals surface area (Å²) in [5.74, 6) is -6.81. The van der Waals surface area contributed by atoms with E-state index in [0.29, 0.717) is 6.42 Å². The molecule has 1 aliphatic carbocycles. The number of hydrogen-bond acceptors (Lipinski definition) is 4. The Morgan fingerprint density at radius 1 is 1.33 bits per heavy atom. The average Bonchev–Trinajstić information content (AvgIpc) is 2.76. The van der Waals surface area contributed by atoms with Crippen molar-refractivity contribution in [2.75, 3.05) is 6.54 Å². The van der Waals surface area contributed by atoms with Gasteiger partial charge in [-0.1, -0.05) is 23.7 Å². The average molecular weight is 484 g/mol. The zero-order valence-electron chi connectivity index (χ0n) is 17.6. The van der Waals surface area contributed by atoms with E-state index in [9.17, 15) is 32.7 Å². The molecule has 2 aliphatic rings. The molecule has 2 heterocycles. The first-order valence-corrected chi connectivity index (χ1v) is 10.8. The molecule has 0 bridgehead atoms. The standard InChI is InChI=1S/C22H21ClF3N3O4/c1-2-28-14-7-4-8-22(25,26)19(14)29-10-12(17(30)18(31)16(29)21(28)33)20(32)27-9-11-5-3-6-13(23)15(11)24/h3,5-6,10,14,19,31H,2,4,7-9H2,1H3,(H,27,32)/t14-,19-/m1/s1. The molecular formula is C22H21ClF3N3O4. The lowest BCUT2D eigenvalue weighted by Crippen LogP contribution is -2.58. The molecule has 0 radical (unpaired) electrons. The predicted octanol–water partition coefficient (Wildman–Crippen LogP) is 3.48. The summed E-state index contributed by atoms with van der Waals surface area (Å²) in [4.78, 5) is 39.6. The molecule has 0 unspecified atom stereocenters. The zero-order valence-corrected chi connectivity index (χ0v) is 18.3. The Labute approximate surface area is 191 Å². The van der Waals surface area contributed by atoms with Crippen LogP contribution < -0.4 is 10.7 Å². The van der Waals surface area contributed by atoms with Crippen LogP contribution in [0.4, 0.5) is 13.2 Å². The van der Waals surface area contributed by atoms with E-state index >= 15 is 0 Å². The van der Waals surface area contributed by atoms with Crippen LogP contribution in [0.15, 0.2) is 29.2 Å². The van der Waals surface area contributed by atoms with E-state index in [4.69, 9.17) is 11.6 Å². The molecule has 0 spiro atoms. The summed E-state index contributed by atoms with van der Waals surface area (Å²) in [5, 5.41) is 12.7. The first-order valence-electron chi connectivity index (χ1n) is 10.5. The number of nitrogens with zero attached hydrogens (tertiary/aromatic N) is 2. The van der Waals surface area contributed by atoms with Gasteiger partial charge < -0.3 is 19.9 Å². The second-order valence-electron chi connectivity index (χ2n) is 8.13.